The minimum Gasteiger partial charge on any atom is -0.379 e. The van der Waals surface area contributed by atoms with Crippen molar-refractivity contribution in [2.24, 2.45) is 0 Å². The second-order valence-electron chi connectivity index (χ2n) is 11.8. The quantitative estimate of drug-likeness (QED) is 0.257. The van der Waals surface area contributed by atoms with Crippen molar-refractivity contribution in [2.75, 3.05) is 36.9 Å². The molecule has 2 aromatic carbocycles. The van der Waals surface area contributed by atoms with Crippen LogP contribution >= 0.6 is 0 Å². The van der Waals surface area contributed by atoms with Crippen molar-refractivity contribution < 1.29 is 9.53 Å². The second-order valence-corrected chi connectivity index (χ2v) is 11.8. The van der Waals surface area contributed by atoms with E-state index in [4.69, 9.17) is 19.8 Å². The molecule has 1 aliphatic rings. The number of carbonyl (C=O) groups is 1. The second kappa shape index (κ2) is 11.9. The number of anilines is 2. The van der Waals surface area contributed by atoms with Gasteiger partial charge in [0.05, 0.1) is 60.3 Å². The molecule has 6 rings (SSSR count). The Kier molecular flexibility index (Phi) is 7.88. The Bertz CT molecular complexity index is 1730. The zero-order valence-electron chi connectivity index (χ0n) is 25.0. The lowest BCUT2D eigenvalue weighted by Gasteiger charge is -2.25. The van der Waals surface area contributed by atoms with Gasteiger partial charge in [-0.25, -0.2) is 9.48 Å². The van der Waals surface area contributed by atoms with E-state index in [1.165, 1.54) is 0 Å². The fourth-order valence-electron chi connectivity index (χ4n) is 5.08. The highest BCUT2D eigenvalue weighted by molar-refractivity contribution is 6.09. The van der Waals surface area contributed by atoms with E-state index in [1.54, 1.807) is 10.9 Å². The van der Waals surface area contributed by atoms with Crippen LogP contribution in [0.2, 0.25) is 0 Å². The zero-order valence-corrected chi connectivity index (χ0v) is 25.0. The molecule has 3 aromatic heterocycles. The summed E-state index contributed by atoms with van der Waals surface area (Å²) in [5, 5.41) is 12.7. The van der Waals surface area contributed by atoms with Gasteiger partial charge in [0, 0.05) is 47.8 Å². The third-order valence-corrected chi connectivity index (χ3v) is 7.50. The number of rotatable bonds is 6. The van der Waals surface area contributed by atoms with Gasteiger partial charge in [0.15, 0.2) is 0 Å². The SMILES string of the molecule is Cc1ccc(-n2nc(C(C)(C)C)cc2NC(=O)Nc2ccc(-c3cnc(CN4CCOCC4)cn3)c3ccccc23)cn1. The molecule has 0 aliphatic carbocycles. The standard InChI is InChI=1S/C33H36N8O2/c1-22-9-10-24(19-34-22)41-31(17-30(39-41)33(2,3)4)38-32(42)37-28-12-11-27(25-7-5-6-8-26(25)28)29-20-35-23(18-36-29)21-40-13-15-43-16-14-40/h5-12,17-20H,13-16,21H2,1-4H3,(H2,37,38,42). The summed E-state index contributed by atoms with van der Waals surface area (Å²) in [6.45, 7) is 12.3. The van der Waals surface area contributed by atoms with Gasteiger partial charge in [-0.2, -0.15) is 5.10 Å². The number of nitrogens with one attached hydrogen (secondary N) is 2. The Morgan fingerprint density at radius 2 is 1.70 bits per heavy atom. The summed E-state index contributed by atoms with van der Waals surface area (Å²) < 4.78 is 7.16. The fraction of sp³-hybridized carbons (Fsp3) is 0.303. The van der Waals surface area contributed by atoms with E-state index in [1.807, 2.05) is 73.9 Å². The van der Waals surface area contributed by atoms with E-state index < -0.39 is 0 Å². The topological polar surface area (TPSA) is 110 Å². The molecule has 0 unspecified atom stereocenters. The van der Waals surface area contributed by atoms with Crippen LogP contribution in [0.1, 0.15) is 37.9 Å². The molecule has 0 radical (unpaired) electrons. The van der Waals surface area contributed by atoms with Crippen molar-refractivity contribution in [3.8, 4) is 16.9 Å². The molecule has 1 aliphatic heterocycles. The summed E-state index contributed by atoms with van der Waals surface area (Å²) in [5.41, 5.74) is 5.68. The van der Waals surface area contributed by atoms with Crippen molar-refractivity contribution in [3.63, 3.8) is 0 Å². The molecule has 0 saturated carbocycles. The molecule has 10 heteroatoms. The summed E-state index contributed by atoms with van der Waals surface area (Å²) in [6.07, 6.45) is 5.42. The normalized spacial score (nSPS) is 14.1. The molecule has 4 heterocycles. The van der Waals surface area contributed by atoms with E-state index >= 15 is 0 Å². The van der Waals surface area contributed by atoms with Gasteiger partial charge in [-0.15, -0.1) is 0 Å². The first-order valence-corrected chi connectivity index (χ1v) is 14.5. The highest BCUT2D eigenvalue weighted by atomic mass is 16.5. The largest absolute Gasteiger partial charge is 0.379 e. The Balaban J connectivity index is 1.24. The molecule has 5 aromatic rings. The maximum atomic E-state index is 13.4. The molecule has 0 spiro atoms. The number of fused-ring (bicyclic) bond motifs is 1. The Labute approximate surface area is 251 Å². The number of aromatic nitrogens is 5. The van der Waals surface area contributed by atoms with Crippen LogP contribution < -0.4 is 10.6 Å². The summed E-state index contributed by atoms with van der Waals surface area (Å²) in [5.74, 6) is 0.557. The van der Waals surface area contributed by atoms with Crippen LogP contribution in [0.15, 0.2) is 73.2 Å². The van der Waals surface area contributed by atoms with Crippen molar-refractivity contribution in [1.29, 1.82) is 0 Å². The third kappa shape index (κ3) is 6.40. The van der Waals surface area contributed by atoms with Gasteiger partial charge in [0.2, 0.25) is 0 Å². The highest BCUT2D eigenvalue weighted by Gasteiger charge is 2.22. The molecular formula is C33H36N8O2. The minimum absolute atomic E-state index is 0.202. The number of pyridine rings is 1. The summed E-state index contributed by atoms with van der Waals surface area (Å²) in [4.78, 5) is 29.5. The van der Waals surface area contributed by atoms with Crippen LogP contribution in [-0.2, 0) is 16.7 Å². The first-order chi connectivity index (χ1) is 20.7. The van der Waals surface area contributed by atoms with Crippen molar-refractivity contribution in [1.82, 2.24) is 29.6 Å². The monoisotopic (exact) mass is 576 g/mol. The Morgan fingerprint density at radius 3 is 2.40 bits per heavy atom. The predicted octanol–water partition coefficient (Wildman–Crippen LogP) is 5.96. The average molecular weight is 577 g/mol. The number of morpholine rings is 1. The van der Waals surface area contributed by atoms with Crippen LogP contribution in [-0.4, -0.2) is 62.0 Å². The van der Waals surface area contributed by atoms with Gasteiger partial charge >= 0.3 is 6.03 Å². The van der Waals surface area contributed by atoms with E-state index in [0.29, 0.717) is 11.5 Å². The molecule has 2 amide bonds. The van der Waals surface area contributed by atoms with E-state index in [0.717, 1.165) is 77.6 Å². The molecule has 1 saturated heterocycles. The smallest absolute Gasteiger partial charge is 0.324 e. The molecule has 0 bridgehead atoms. The number of benzene rings is 2. The molecule has 43 heavy (non-hydrogen) atoms. The van der Waals surface area contributed by atoms with Gasteiger partial charge in [-0.1, -0.05) is 51.1 Å². The number of aryl methyl sites for hydroxylation is 1. The molecular weight excluding hydrogens is 540 g/mol. The van der Waals surface area contributed by atoms with Crippen LogP contribution in [0.3, 0.4) is 0 Å². The molecule has 1 fully saturated rings. The van der Waals surface area contributed by atoms with Crippen molar-refractivity contribution >= 4 is 28.3 Å². The number of urea groups is 1. The van der Waals surface area contributed by atoms with Gasteiger partial charge in [-0.3, -0.25) is 25.2 Å². The van der Waals surface area contributed by atoms with Crippen LogP contribution in [0.25, 0.3) is 27.7 Å². The number of hydrogen-bond acceptors (Lipinski definition) is 7. The molecule has 220 valence electrons. The lowest BCUT2D eigenvalue weighted by Crippen LogP contribution is -2.35. The number of ether oxygens (including phenoxy) is 1. The number of amides is 2. The van der Waals surface area contributed by atoms with Gasteiger partial charge in [0.1, 0.15) is 5.82 Å². The Morgan fingerprint density at radius 1 is 0.907 bits per heavy atom. The molecule has 10 nitrogen and oxygen atoms in total. The van der Waals surface area contributed by atoms with Crippen LogP contribution in [0.5, 0.6) is 0 Å². The summed E-state index contributed by atoms with van der Waals surface area (Å²) in [7, 11) is 0. The first kappa shape index (κ1) is 28.4. The highest BCUT2D eigenvalue weighted by Crippen LogP contribution is 2.33. The zero-order chi connectivity index (χ0) is 30.0. The number of carbonyl (C=O) groups excluding carboxylic acids is 1. The third-order valence-electron chi connectivity index (χ3n) is 7.50. The lowest BCUT2D eigenvalue weighted by atomic mass is 9.92. The fourth-order valence-corrected chi connectivity index (χ4v) is 5.08. The maximum absolute atomic E-state index is 13.4. The first-order valence-electron chi connectivity index (χ1n) is 14.5. The van der Waals surface area contributed by atoms with E-state index in [-0.39, 0.29) is 11.4 Å². The van der Waals surface area contributed by atoms with E-state index in [2.05, 4.69) is 41.3 Å². The van der Waals surface area contributed by atoms with Crippen molar-refractivity contribution in [2.45, 2.75) is 39.7 Å². The minimum atomic E-state index is -0.369. The number of hydrogen-bond donors (Lipinski definition) is 2. The lowest BCUT2D eigenvalue weighted by molar-refractivity contribution is 0.0336. The van der Waals surface area contributed by atoms with E-state index in [9.17, 15) is 4.79 Å². The molecule has 2 N–H and O–H groups in total. The average Bonchev–Trinajstić information content (AvgIpc) is 3.43. The van der Waals surface area contributed by atoms with Gasteiger partial charge < -0.3 is 10.1 Å². The molecule has 0 atom stereocenters. The van der Waals surface area contributed by atoms with Crippen LogP contribution in [0.4, 0.5) is 16.3 Å². The maximum Gasteiger partial charge on any atom is 0.324 e. The number of nitrogens with zero attached hydrogens (tertiary/aromatic N) is 6. The summed E-state index contributed by atoms with van der Waals surface area (Å²) >= 11 is 0. The van der Waals surface area contributed by atoms with Crippen LogP contribution in [0, 0.1) is 6.92 Å². The predicted molar refractivity (Wildman–Crippen MR) is 169 cm³/mol. The Hall–Kier alpha value is -4.67. The summed E-state index contributed by atoms with van der Waals surface area (Å²) in [6, 6.07) is 17.3. The van der Waals surface area contributed by atoms with Crippen molar-refractivity contribution in [3.05, 3.63) is 90.3 Å². The van der Waals surface area contributed by atoms with Gasteiger partial charge in [-0.05, 0) is 30.5 Å². The van der Waals surface area contributed by atoms with Gasteiger partial charge in [0.25, 0.3) is 0 Å².